The van der Waals surface area contributed by atoms with Crippen molar-refractivity contribution in [3.8, 4) is 17.0 Å². The van der Waals surface area contributed by atoms with Gasteiger partial charge in [0.25, 0.3) is 0 Å². The number of rotatable bonds is 2. The smallest absolute Gasteiger partial charge is 0.140 e. The molecule has 21 heavy (non-hydrogen) atoms. The average molecular weight is 286 g/mol. The van der Waals surface area contributed by atoms with Crippen LogP contribution in [-0.4, -0.2) is 17.1 Å². The van der Waals surface area contributed by atoms with Gasteiger partial charge in [-0.15, -0.1) is 0 Å². The molecule has 2 aromatic heterocycles. The van der Waals surface area contributed by atoms with Gasteiger partial charge in [-0.05, 0) is 31.2 Å². The minimum atomic E-state index is -0.658. The van der Waals surface area contributed by atoms with Crippen LogP contribution < -0.4 is 4.74 Å². The first-order chi connectivity index (χ1) is 10.1. The maximum atomic E-state index is 14.0. The van der Waals surface area contributed by atoms with Crippen molar-refractivity contribution in [2.45, 2.75) is 6.92 Å². The van der Waals surface area contributed by atoms with Gasteiger partial charge in [-0.3, -0.25) is 4.98 Å². The highest BCUT2D eigenvalue weighted by atomic mass is 19.1. The second kappa shape index (κ2) is 5.09. The fourth-order valence-electron chi connectivity index (χ4n) is 2.28. The van der Waals surface area contributed by atoms with E-state index in [1.165, 1.54) is 12.1 Å². The number of hydrogen-bond acceptors (Lipinski definition) is 3. The van der Waals surface area contributed by atoms with Crippen LogP contribution in [0.15, 0.2) is 36.5 Å². The Hall–Kier alpha value is -2.56. The normalized spacial score (nSPS) is 10.9. The quantitative estimate of drug-likeness (QED) is 0.717. The molecule has 0 radical (unpaired) electrons. The fraction of sp³-hybridized carbons (Fsp3) is 0.125. The van der Waals surface area contributed by atoms with Crippen molar-refractivity contribution in [2.24, 2.45) is 0 Å². The van der Waals surface area contributed by atoms with Gasteiger partial charge in [0.1, 0.15) is 17.4 Å². The summed E-state index contributed by atoms with van der Waals surface area (Å²) in [5, 5.41) is 0.658. The summed E-state index contributed by atoms with van der Waals surface area (Å²) in [4.78, 5) is 8.63. The zero-order valence-electron chi connectivity index (χ0n) is 11.5. The number of aryl methyl sites for hydroxylation is 1. The van der Waals surface area contributed by atoms with Crippen LogP contribution in [0.25, 0.3) is 22.2 Å². The van der Waals surface area contributed by atoms with E-state index in [0.29, 0.717) is 22.3 Å². The molecule has 0 unspecified atom stereocenters. The molecule has 0 saturated heterocycles. The van der Waals surface area contributed by atoms with Crippen molar-refractivity contribution >= 4 is 10.9 Å². The van der Waals surface area contributed by atoms with Crippen LogP contribution in [0.5, 0.6) is 5.75 Å². The largest absolute Gasteiger partial charge is 0.495 e. The zero-order valence-corrected chi connectivity index (χ0v) is 11.5. The lowest BCUT2D eigenvalue weighted by molar-refractivity contribution is 0.410. The van der Waals surface area contributed by atoms with E-state index < -0.39 is 11.6 Å². The molecule has 0 amide bonds. The molecule has 0 fully saturated rings. The van der Waals surface area contributed by atoms with Crippen LogP contribution in [0.3, 0.4) is 0 Å². The summed E-state index contributed by atoms with van der Waals surface area (Å²) in [6, 6.07) is 6.93. The highest BCUT2D eigenvalue weighted by Crippen LogP contribution is 2.31. The van der Waals surface area contributed by atoms with Crippen LogP contribution >= 0.6 is 0 Å². The molecular formula is C16H12F2N2O. The second-order valence-corrected chi connectivity index (χ2v) is 4.63. The fourth-order valence-corrected chi connectivity index (χ4v) is 2.28. The summed E-state index contributed by atoms with van der Waals surface area (Å²) in [6.07, 6.45) is 1.55. The van der Waals surface area contributed by atoms with Gasteiger partial charge in [-0.1, -0.05) is 0 Å². The molecule has 3 nitrogen and oxygen atoms in total. The highest BCUT2D eigenvalue weighted by Gasteiger charge is 2.13. The summed E-state index contributed by atoms with van der Waals surface area (Å²) < 4.78 is 32.3. The maximum absolute atomic E-state index is 14.0. The molecule has 3 aromatic rings. The van der Waals surface area contributed by atoms with E-state index in [1.807, 2.05) is 6.92 Å². The number of fused-ring (bicyclic) bond motifs is 1. The van der Waals surface area contributed by atoms with Crippen LogP contribution in [0.2, 0.25) is 0 Å². The first kappa shape index (κ1) is 13.4. The molecule has 0 aliphatic heterocycles. The Balaban J connectivity index is 2.32. The average Bonchev–Trinajstić information content (AvgIpc) is 2.46. The van der Waals surface area contributed by atoms with Gasteiger partial charge in [0.2, 0.25) is 0 Å². The molecule has 0 spiro atoms. The Bertz CT molecular complexity index is 834. The van der Waals surface area contributed by atoms with Crippen molar-refractivity contribution < 1.29 is 13.5 Å². The first-order valence-electron chi connectivity index (χ1n) is 6.36. The van der Waals surface area contributed by atoms with Gasteiger partial charge in [0.15, 0.2) is 0 Å². The van der Waals surface area contributed by atoms with Gasteiger partial charge >= 0.3 is 0 Å². The number of halogens is 2. The third-order valence-electron chi connectivity index (χ3n) is 3.29. The number of ether oxygens (including phenoxy) is 1. The molecule has 0 saturated carbocycles. The molecule has 3 rings (SSSR count). The Morgan fingerprint density at radius 1 is 1.10 bits per heavy atom. The molecule has 0 bridgehead atoms. The van der Waals surface area contributed by atoms with E-state index in [1.54, 1.807) is 25.4 Å². The number of methoxy groups -OCH3 is 1. The zero-order chi connectivity index (χ0) is 15.0. The Kier molecular flexibility index (Phi) is 3.25. The molecule has 2 heterocycles. The molecule has 0 aliphatic carbocycles. The SMILES string of the molecule is COc1cc2c(-c3ccc(F)cc3F)nccc2nc1C. The monoisotopic (exact) mass is 286 g/mol. The van der Waals surface area contributed by atoms with Crippen molar-refractivity contribution in [1.82, 2.24) is 9.97 Å². The number of pyridine rings is 2. The van der Waals surface area contributed by atoms with Gasteiger partial charge in [0, 0.05) is 23.2 Å². The van der Waals surface area contributed by atoms with E-state index in [0.717, 1.165) is 11.8 Å². The van der Waals surface area contributed by atoms with E-state index in [4.69, 9.17) is 4.74 Å². The molecule has 0 N–H and O–H groups in total. The third kappa shape index (κ3) is 2.31. The van der Waals surface area contributed by atoms with Crippen molar-refractivity contribution in [1.29, 1.82) is 0 Å². The minimum Gasteiger partial charge on any atom is -0.495 e. The number of aromatic nitrogens is 2. The summed E-state index contributed by atoms with van der Waals surface area (Å²) in [5.41, 5.74) is 2.06. The minimum absolute atomic E-state index is 0.231. The number of hydrogen-bond donors (Lipinski definition) is 0. The number of benzene rings is 1. The van der Waals surface area contributed by atoms with E-state index in [-0.39, 0.29) is 5.56 Å². The Morgan fingerprint density at radius 2 is 1.90 bits per heavy atom. The van der Waals surface area contributed by atoms with Crippen molar-refractivity contribution in [3.63, 3.8) is 0 Å². The van der Waals surface area contributed by atoms with E-state index in [9.17, 15) is 8.78 Å². The molecule has 0 atom stereocenters. The standard InChI is InChI=1S/C16H12F2N2O/c1-9-15(21-2)8-12-14(20-9)5-6-19-16(12)11-4-3-10(17)7-13(11)18/h3-8H,1-2H3. The molecule has 5 heteroatoms. The Labute approximate surface area is 120 Å². The van der Waals surface area contributed by atoms with Crippen molar-refractivity contribution in [2.75, 3.05) is 7.11 Å². The topological polar surface area (TPSA) is 35.0 Å². The lowest BCUT2D eigenvalue weighted by atomic mass is 10.1. The van der Waals surface area contributed by atoms with Crippen LogP contribution in [0.4, 0.5) is 8.78 Å². The maximum Gasteiger partial charge on any atom is 0.140 e. The summed E-state index contributed by atoms with van der Waals surface area (Å²) in [6.45, 7) is 1.83. The molecule has 1 aromatic carbocycles. The van der Waals surface area contributed by atoms with Gasteiger partial charge in [-0.25, -0.2) is 13.8 Å². The summed E-state index contributed by atoms with van der Waals surface area (Å²) in [7, 11) is 1.55. The lowest BCUT2D eigenvalue weighted by Crippen LogP contribution is -1.95. The predicted molar refractivity (Wildman–Crippen MR) is 76.2 cm³/mol. The van der Waals surface area contributed by atoms with E-state index in [2.05, 4.69) is 9.97 Å². The molecule has 0 aliphatic rings. The molecule has 106 valence electrons. The van der Waals surface area contributed by atoms with Crippen LogP contribution in [-0.2, 0) is 0 Å². The summed E-state index contributed by atoms with van der Waals surface area (Å²) >= 11 is 0. The molecular weight excluding hydrogens is 274 g/mol. The van der Waals surface area contributed by atoms with Crippen molar-refractivity contribution in [3.05, 3.63) is 53.9 Å². The Morgan fingerprint density at radius 3 is 2.62 bits per heavy atom. The third-order valence-corrected chi connectivity index (χ3v) is 3.29. The second-order valence-electron chi connectivity index (χ2n) is 4.63. The van der Waals surface area contributed by atoms with Gasteiger partial charge < -0.3 is 4.74 Å². The predicted octanol–water partition coefficient (Wildman–Crippen LogP) is 3.89. The number of nitrogens with zero attached hydrogens (tertiary/aromatic N) is 2. The summed E-state index contributed by atoms with van der Waals surface area (Å²) in [5.74, 6) is -0.683. The van der Waals surface area contributed by atoms with E-state index >= 15 is 0 Å². The van der Waals surface area contributed by atoms with Crippen LogP contribution in [0, 0.1) is 18.6 Å². The lowest BCUT2D eigenvalue weighted by Gasteiger charge is -2.10. The van der Waals surface area contributed by atoms with Gasteiger partial charge in [0.05, 0.1) is 24.0 Å². The first-order valence-corrected chi connectivity index (χ1v) is 6.36. The van der Waals surface area contributed by atoms with Crippen LogP contribution in [0.1, 0.15) is 5.69 Å². The highest BCUT2D eigenvalue weighted by molar-refractivity contribution is 5.93. The van der Waals surface area contributed by atoms with Gasteiger partial charge in [-0.2, -0.15) is 0 Å².